The summed E-state index contributed by atoms with van der Waals surface area (Å²) in [7, 11) is 0. The van der Waals surface area contributed by atoms with Crippen molar-refractivity contribution in [1.82, 2.24) is 9.55 Å². The molecule has 4 rings (SSSR count). The van der Waals surface area contributed by atoms with Crippen LogP contribution in [0, 0.1) is 0 Å². The summed E-state index contributed by atoms with van der Waals surface area (Å²) >= 11 is 1.37. The van der Waals surface area contributed by atoms with Crippen molar-refractivity contribution >= 4 is 27.5 Å². The maximum absolute atomic E-state index is 13.5. The van der Waals surface area contributed by atoms with Crippen molar-refractivity contribution in [2.75, 3.05) is 0 Å². The molecule has 0 spiro atoms. The van der Waals surface area contributed by atoms with Crippen LogP contribution in [0.1, 0.15) is 19.4 Å². The van der Waals surface area contributed by atoms with Crippen molar-refractivity contribution in [3.05, 3.63) is 64.5 Å². The molecule has 4 aromatic rings. The molecule has 1 aromatic carbocycles. The number of furan rings is 1. The van der Waals surface area contributed by atoms with E-state index in [1.54, 1.807) is 18.4 Å². The van der Waals surface area contributed by atoms with Crippen LogP contribution in [0.4, 0.5) is 0 Å². The Morgan fingerprint density at radius 3 is 2.67 bits per heavy atom. The largest absolute Gasteiger partial charge is 0.464 e. The number of primary amides is 1. The number of nitrogens with zero attached hydrogens (tertiary/aromatic N) is 2. The number of benzene rings is 1. The fourth-order valence-corrected chi connectivity index (χ4v) is 4.13. The Morgan fingerprint density at radius 2 is 2.04 bits per heavy atom. The zero-order chi connectivity index (χ0) is 19.0. The first kappa shape index (κ1) is 17.2. The molecule has 6 nitrogen and oxygen atoms in total. The summed E-state index contributed by atoms with van der Waals surface area (Å²) in [5, 5.41) is 2.29. The average molecular weight is 379 g/mol. The van der Waals surface area contributed by atoms with Gasteiger partial charge in [0.05, 0.1) is 11.6 Å². The molecule has 0 aliphatic carbocycles. The van der Waals surface area contributed by atoms with Gasteiger partial charge in [0.15, 0.2) is 0 Å². The standard InChI is InChI=1S/C20H17N3O3S/c1-2-14(17(21)24)23-18(12-7-4-3-5-8-12)22-19-16(20(23)25)13(11-27-19)15-9-6-10-26-15/h3-11,14H,2H2,1H3,(H2,21,24). The number of aromatic nitrogens is 2. The molecule has 0 bridgehead atoms. The van der Waals surface area contributed by atoms with Gasteiger partial charge in [0, 0.05) is 16.5 Å². The number of amides is 1. The van der Waals surface area contributed by atoms with E-state index in [4.69, 9.17) is 15.1 Å². The van der Waals surface area contributed by atoms with Crippen LogP contribution in [-0.4, -0.2) is 15.5 Å². The second-order valence-corrected chi connectivity index (χ2v) is 6.97. The highest BCUT2D eigenvalue weighted by atomic mass is 32.1. The van der Waals surface area contributed by atoms with E-state index in [0.29, 0.717) is 33.8 Å². The molecule has 1 unspecified atom stereocenters. The molecule has 0 aliphatic heterocycles. The molecular formula is C20H17N3O3S. The summed E-state index contributed by atoms with van der Waals surface area (Å²) < 4.78 is 6.88. The van der Waals surface area contributed by atoms with Gasteiger partial charge in [-0.05, 0) is 18.6 Å². The lowest BCUT2D eigenvalue weighted by Crippen LogP contribution is -2.35. The lowest BCUT2D eigenvalue weighted by Gasteiger charge is -2.19. The van der Waals surface area contributed by atoms with Crippen LogP contribution in [0.5, 0.6) is 0 Å². The minimum absolute atomic E-state index is 0.294. The van der Waals surface area contributed by atoms with E-state index in [1.807, 2.05) is 42.6 Å². The van der Waals surface area contributed by atoms with E-state index in [2.05, 4.69) is 0 Å². The van der Waals surface area contributed by atoms with Crippen LogP contribution in [-0.2, 0) is 4.79 Å². The summed E-state index contributed by atoms with van der Waals surface area (Å²) in [4.78, 5) is 30.9. The second-order valence-electron chi connectivity index (χ2n) is 6.11. The Labute approximate surface area is 158 Å². The molecular weight excluding hydrogens is 362 g/mol. The molecule has 3 aromatic heterocycles. The third-order valence-electron chi connectivity index (χ3n) is 4.49. The summed E-state index contributed by atoms with van der Waals surface area (Å²) in [5.41, 5.74) is 6.74. The van der Waals surface area contributed by atoms with Gasteiger partial charge in [0.25, 0.3) is 5.56 Å². The van der Waals surface area contributed by atoms with Crippen molar-refractivity contribution in [1.29, 1.82) is 0 Å². The van der Waals surface area contributed by atoms with Gasteiger partial charge in [0.2, 0.25) is 5.91 Å². The van der Waals surface area contributed by atoms with Crippen molar-refractivity contribution in [2.45, 2.75) is 19.4 Å². The quantitative estimate of drug-likeness (QED) is 0.571. The van der Waals surface area contributed by atoms with Crippen LogP contribution >= 0.6 is 11.3 Å². The number of carbonyl (C=O) groups excluding carboxylic acids is 1. The van der Waals surface area contributed by atoms with E-state index in [-0.39, 0.29) is 5.56 Å². The van der Waals surface area contributed by atoms with Crippen LogP contribution < -0.4 is 11.3 Å². The Hall–Kier alpha value is -3.19. The SMILES string of the molecule is CCC(C(N)=O)n1c(-c2ccccc2)nc2scc(-c3ccco3)c2c1=O. The molecule has 0 saturated carbocycles. The van der Waals surface area contributed by atoms with Crippen LogP contribution in [0.15, 0.2) is 63.3 Å². The zero-order valence-electron chi connectivity index (χ0n) is 14.6. The number of thiophene rings is 1. The highest BCUT2D eigenvalue weighted by Crippen LogP contribution is 2.33. The van der Waals surface area contributed by atoms with Crippen molar-refractivity contribution in [3.63, 3.8) is 0 Å². The molecule has 0 fully saturated rings. The molecule has 27 heavy (non-hydrogen) atoms. The monoisotopic (exact) mass is 379 g/mol. The van der Waals surface area contributed by atoms with Crippen LogP contribution in [0.3, 0.4) is 0 Å². The van der Waals surface area contributed by atoms with E-state index in [9.17, 15) is 9.59 Å². The van der Waals surface area contributed by atoms with E-state index >= 15 is 0 Å². The van der Waals surface area contributed by atoms with Gasteiger partial charge in [0.1, 0.15) is 22.5 Å². The van der Waals surface area contributed by atoms with Crippen molar-refractivity contribution in [3.8, 4) is 22.7 Å². The average Bonchev–Trinajstić information content (AvgIpc) is 3.33. The summed E-state index contributed by atoms with van der Waals surface area (Å²) in [5.74, 6) is 0.464. The molecule has 1 amide bonds. The molecule has 3 heterocycles. The van der Waals surface area contributed by atoms with Gasteiger partial charge in [-0.25, -0.2) is 4.98 Å². The third kappa shape index (κ3) is 2.86. The number of hydrogen-bond donors (Lipinski definition) is 1. The number of carbonyl (C=O) groups is 1. The fraction of sp³-hybridized carbons (Fsp3) is 0.150. The molecule has 0 aliphatic rings. The highest BCUT2D eigenvalue weighted by molar-refractivity contribution is 7.17. The van der Waals surface area contributed by atoms with E-state index in [1.165, 1.54) is 15.9 Å². The Morgan fingerprint density at radius 1 is 1.26 bits per heavy atom. The highest BCUT2D eigenvalue weighted by Gasteiger charge is 2.25. The van der Waals surface area contributed by atoms with Crippen LogP contribution in [0.2, 0.25) is 0 Å². The summed E-state index contributed by atoms with van der Waals surface area (Å²) in [6.45, 7) is 1.82. The van der Waals surface area contributed by atoms with Gasteiger partial charge in [-0.3, -0.25) is 14.2 Å². The fourth-order valence-electron chi connectivity index (χ4n) is 3.21. The minimum atomic E-state index is -0.783. The zero-order valence-corrected chi connectivity index (χ0v) is 15.4. The number of rotatable bonds is 5. The first-order valence-electron chi connectivity index (χ1n) is 8.54. The van der Waals surface area contributed by atoms with Crippen molar-refractivity contribution in [2.24, 2.45) is 5.73 Å². The van der Waals surface area contributed by atoms with E-state index < -0.39 is 11.9 Å². The first-order chi connectivity index (χ1) is 13.1. The molecule has 1 atom stereocenters. The van der Waals surface area contributed by atoms with Gasteiger partial charge in [-0.15, -0.1) is 11.3 Å². The smallest absolute Gasteiger partial charge is 0.264 e. The number of fused-ring (bicyclic) bond motifs is 1. The Bertz CT molecular complexity index is 1160. The first-order valence-corrected chi connectivity index (χ1v) is 9.42. The molecule has 0 radical (unpaired) electrons. The van der Waals surface area contributed by atoms with Gasteiger partial charge < -0.3 is 10.2 Å². The predicted molar refractivity (Wildman–Crippen MR) is 106 cm³/mol. The lowest BCUT2D eigenvalue weighted by molar-refractivity contribution is -0.121. The molecule has 7 heteroatoms. The summed E-state index contributed by atoms with van der Waals surface area (Å²) in [6.07, 6.45) is 1.95. The molecule has 0 saturated heterocycles. The van der Waals surface area contributed by atoms with Gasteiger partial charge >= 0.3 is 0 Å². The number of nitrogens with two attached hydrogens (primary N) is 1. The third-order valence-corrected chi connectivity index (χ3v) is 5.36. The summed E-state index contributed by atoms with van der Waals surface area (Å²) in [6, 6.07) is 12.1. The van der Waals surface area contributed by atoms with Crippen molar-refractivity contribution < 1.29 is 9.21 Å². The number of hydrogen-bond acceptors (Lipinski definition) is 5. The Kier molecular flexibility index (Phi) is 4.37. The maximum Gasteiger partial charge on any atom is 0.264 e. The van der Waals surface area contributed by atoms with Crippen LogP contribution in [0.25, 0.3) is 32.9 Å². The topological polar surface area (TPSA) is 91.1 Å². The van der Waals surface area contributed by atoms with E-state index in [0.717, 1.165) is 5.56 Å². The minimum Gasteiger partial charge on any atom is -0.464 e. The Balaban J connectivity index is 2.09. The molecule has 136 valence electrons. The predicted octanol–water partition coefficient (Wildman–Crippen LogP) is 3.82. The normalized spacial score (nSPS) is 12.3. The van der Waals surface area contributed by atoms with Gasteiger partial charge in [-0.1, -0.05) is 37.3 Å². The maximum atomic E-state index is 13.5. The lowest BCUT2D eigenvalue weighted by atomic mass is 10.1. The van der Waals surface area contributed by atoms with Gasteiger partial charge in [-0.2, -0.15) is 0 Å². The molecule has 2 N–H and O–H groups in total. The second kappa shape index (κ2) is 6.85.